The fourth-order valence-corrected chi connectivity index (χ4v) is 2.81. The Kier molecular flexibility index (Phi) is 5.46. The standard InChI is InChI=1S/C20H22N2O3/c1-14-4-2-5-16(12-14)20(24)22-17-9-7-15(8-10-17)19(23)21-13-18-6-3-11-25-18/h2,4-5,7-10,12,18H,3,6,11,13H2,1H3,(H,21,23)(H,22,24). The second-order valence-electron chi connectivity index (χ2n) is 6.25. The molecule has 130 valence electrons. The summed E-state index contributed by atoms with van der Waals surface area (Å²) in [6.07, 6.45) is 2.16. The van der Waals surface area contributed by atoms with Gasteiger partial charge in [-0.2, -0.15) is 0 Å². The van der Waals surface area contributed by atoms with E-state index in [2.05, 4.69) is 10.6 Å². The van der Waals surface area contributed by atoms with E-state index in [0.717, 1.165) is 25.0 Å². The van der Waals surface area contributed by atoms with Crippen LogP contribution in [0, 0.1) is 6.92 Å². The molecule has 0 aliphatic carbocycles. The molecule has 3 rings (SSSR count). The normalized spacial score (nSPS) is 16.4. The molecule has 0 radical (unpaired) electrons. The fourth-order valence-electron chi connectivity index (χ4n) is 2.81. The third kappa shape index (κ3) is 4.67. The maximum absolute atomic E-state index is 12.2. The summed E-state index contributed by atoms with van der Waals surface area (Å²) >= 11 is 0. The molecule has 2 aromatic rings. The van der Waals surface area contributed by atoms with Crippen molar-refractivity contribution in [3.63, 3.8) is 0 Å². The average molecular weight is 338 g/mol. The molecule has 2 aromatic carbocycles. The van der Waals surface area contributed by atoms with E-state index in [1.165, 1.54) is 0 Å². The number of hydrogen-bond donors (Lipinski definition) is 2. The Bertz CT molecular complexity index is 750. The molecule has 1 aliphatic heterocycles. The molecular weight excluding hydrogens is 316 g/mol. The van der Waals surface area contributed by atoms with Gasteiger partial charge in [0.15, 0.2) is 0 Å². The molecule has 0 saturated carbocycles. The van der Waals surface area contributed by atoms with E-state index in [-0.39, 0.29) is 17.9 Å². The van der Waals surface area contributed by atoms with E-state index in [1.807, 2.05) is 25.1 Å². The van der Waals surface area contributed by atoms with Crippen molar-refractivity contribution in [1.82, 2.24) is 5.32 Å². The van der Waals surface area contributed by atoms with Gasteiger partial charge in [0.2, 0.25) is 0 Å². The number of amides is 2. The minimum Gasteiger partial charge on any atom is -0.376 e. The highest BCUT2D eigenvalue weighted by Crippen LogP contribution is 2.13. The maximum Gasteiger partial charge on any atom is 0.255 e. The molecule has 5 heteroatoms. The molecule has 1 fully saturated rings. The van der Waals surface area contributed by atoms with Gasteiger partial charge in [-0.25, -0.2) is 0 Å². The summed E-state index contributed by atoms with van der Waals surface area (Å²) in [4.78, 5) is 24.4. The monoisotopic (exact) mass is 338 g/mol. The van der Waals surface area contributed by atoms with E-state index in [4.69, 9.17) is 4.74 Å². The van der Waals surface area contributed by atoms with Crippen LogP contribution in [-0.4, -0.2) is 31.1 Å². The fraction of sp³-hybridized carbons (Fsp3) is 0.300. The van der Waals surface area contributed by atoms with Crippen LogP contribution in [0.4, 0.5) is 5.69 Å². The van der Waals surface area contributed by atoms with Crippen molar-refractivity contribution in [2.24, 2.45) is 0 Å². The first-order valence-electron chi connectivity index (χ1n) is 8.50. The lowest BCUT2D eigenvalue weighted by Crippen LogP contribution is -2.31. The van der Waals surface area contributed by atoms with Crippen LogP contribution in [0.15, 0.2) is 48.5 Å². The molecule has 2 amide bonds. The number of ether oxygens (including phenoxy) is 1. The van der Waals surface area contributed by atoms with Crippen LogP contribution in [0.25, 0.3) is 0 Å². The van der Waals surface area contributed by atoms with E-state index >= 15 is 0 Å². The SMILES string of the molecule is Cc1cccc(C(=O)Nc2ccc(C(=O)NCC3CCCO3)cc2)c1. The molecule has 1 atom stereocenters. The molecule has 5 nitrogen and oxygen atoms in total. The molecule has 1 heterocycles. The molecule has 1 unspecified atom stereocenters. The number of carbonyl (C=O) groups excluding carboxylic acids is 2. The van der Waals surface area contributed by atoms with Crippen molar-refractivity contribution in [1.29, 1.82) is 0 Å². The van der Waals surface area contributed by atoms with E-state index in [9.17, 15) is 9.59 Å². The van der Waals surface area contributed by atoms with Crippen LogP contribution in [-0.2, 0) is 4.74 Å². The zero-order chi connectivity index (χ0) is 17.6. The topological polar surface area (TPSA) is 67.4 Å². The summed E-state index contributed by atoms with van der Waals surface area (Å²) in [5.41, 5.74) is 2.86. The zero-order valence-corrected chi connectivity index (χ0v) is 14.2. The van der Waals surface area contributed by atoms with E-state index < -0.39 is 0 Å². The summed E-state index contributed by atoms with van der Waals surface area (Å²) in [5.74, 6) is -0.300. The lowest BCUT2D eigenvalue weighted by molar-refractivity contribution is 0.0857. The highest BCUT2D eigenvalue weighted by atomic mass is 16.5. The number of carbonyl (C=O) groups is 2. The zero-order valence-electron chi connectivity index (χ0n) is 14.2. The van der Waals surface area contributed by atoms with Crippen LogP contribution in [0.5, 0.6) is 0 Å². The first-order valence-corrected chi connectivity index (χ1v) is 8.50. The van der Waals surface area contributed by atoms with E-state index in [0.29, 0.717) is 23.4 Å². The van der Waals surface area contributed by atoms with Crippen LogP contribution in [0.2, 0.25) is 0 Å². The van der Waals surface area contributed by atoms with Gasteiger partial charge in [-0.1, -0.05) is 17.7 Å². The van der Waals surface area contributed by atoms with Gasteiger partial charge >= 0.3 is 0 Å². The van der Waals surface area contributed by atoms with E-state index in [1.54, 1.807) is 30.3 Å². The minimum absolute atomic E-state index is 0.122. The summed E-state index contributed by atoms with van der Waals surface area (Å²) in [6.45, 7) is 3.25. The van der Waals surface area contributed by atoms with Gasteiger partial charge < -0.3 is 15.4 Å². The molecule has 2 N–H and O–H groups in total. The Morgan fingerprint density at radius 1 is 1.08 bits per heavy atom. The Balaban J connectivity index is 1.56. The predicted molar refractivity (Wildman–Crippen MR) is 96.9 cm³/mol. The van der Waals surface area contributed by atoms with Crippen LogP contribution < -0.4 is 10.6 Å². The number of aryl methyl sites for hydroxylation is 1. The minimum atomic E-state index is -0.167. The van der Waals surface area contributed by atoms with Gasteiger partial charge in [-0.3, -0.25) is 9.59 Å². The Morgan fingerprint density at radius 2 is 1.88 bits per heavy atom. The van der Waals surface area contributed by atoms with Crippen molar-refractivity contribution in [3.05, 3.63) is 65.2 Å². The number of nitrogens with one attached hydrogen (secondary N) is 2. The third-order valence-electron chi connectivity index (χ3n) is 4.20. The Labute approximate surface area is 147 Å². The van der Waals surface area contributed by atoms with Gasteiger partial charge in [-0.05, 0) is 56.2 Å². The number of anilines is 1. The summed E-state index contributed by atoms with van der Waals surface area (Å²) in [5, 5.41) is 5.72. The van der Waals surface area contributed by atoms with Crippen LogP contribution in [0.3, 0.4) is 0 Å². The lowest BCUT2D eigenvalue weighted by atomic mass is 10.1. The number of benzene rings is 2. The third-order valence-corrected chi connectivity index (χ3v) is 4.20. The van der Waals surface area contributed by atoms with Crippen molar-refractivity contribution in [3.8, 4) is 0 Å². The second kappa shape index (κ2) is 7.94. The van der Waals surface area contributed by atoms with Gasteiger partial charge in [0, 0.05) is 30.0 Å². The largest absolute Gasteiger partial charge is 0.376 e. The molecular formula is C20H22N2O3. The van der Waals surface area contributed by atoms with Gasteiger partial charge in [0.25, 0.3) is 11.8 Å². The van der Waals surface area contributed by atoms with Crippen LogP contribution >= 0.6 is 0 Å². The Morgan fingerprint density at radius 3 is 2.56 bits per heavy atom. The first-order chi connectivity index (χ1) is 12.1. The van der Waals surface area contributed by atoms with Crippen molar-refractivity contribution in [2.75, 3.05) is 18.5 Å². The smallest absolute Gasteiger partial charge is 0.255 e. The average Bonchev–Trinajstić information content (AvgIpc) is 3.14. The first kappa shape index (κ1) is 17.2. The number of rotatable bonds is 5. The molecule has 0 spiro atoms. The van der Waals surface area contributed by atoms with Crippen molar-refractivity contribution in [2.45, 2.75) is 25.9 Å². The molecule has 25 heavy (non-hydrogen) atoms. The second-order valence-corrected chi connectivity index (χ2v) is 6.25. The van der Waals surface area contributed by atoms with Crippen LogP contribution in [0.1, 0.15) is 39.1 Å². The molecule has 0 aromatic heterocycles. The van der Waals surface area contributed by atoms with Gasteiger partial charge in [-0.15, -0.1) is 0 Å². The van der Waals surface area contributed by atoms with Crippen molar-refractivity contribution < 1.29 is 14.3 Å². The van der Waals surface area contributed by atoms with Gasteiger partial charge in [0.05, 0.1) is 6.10 Å². The quantitative estimate of drug-likeness (QED) is 0.880. The summed E-state index contributed by atoms with van der Waals surface area (Å²) in [6, 6.07) is 14.3. The highest BCUT2D eigenvalue weighted by Gasteiger charge is 2.16. The molecule has 1 saturated heterocycles. The number of hydrogen-bond acceptors (Lipinski definition) is 3. The maximum atomic E-state index is 12.2. The summed E-state index contributed by atoms with van der Waals surface area (Å²) < 4.78 is 5.49. The Hall–Kier alpha value is -2.66. The predicted octanol–water partition coefficient (Wildman–Crippen LogP) is 3.16. The van der Waals surface area contributed by atoms with Gasteiger partial charge in [0.1, 0.15) is 0 Å². The summed E-state index contributed by atoms with van der Waals surface area (Å²) in [7, 11) is 0. The van der Waals surface area contributed by atoms with Crippen molar-refractivity contribution >= 4 is 17.5 Å². The molecule has 1 aliphatic rings. The lowest BCUT2D eigenvalue weighted by Gasteiger charge is -2.11. The highest BCUT2D eigenvalue weighted by molar-refractivity contribution is 6.04. The molecule has 0 bridgehead atoms.